The lowest BCUT2D eigenvalue weighted by Crippen LogP contribution is -2.26. The molecule has 3 N–H and O–H groups in total. The Balaban J connectivity index is 2.11. The second kappa shape index (κ2) is 4.99. The van der Waals surface area contributed by atoms with E-state index in [1.54, 1.807) is 18.2 Å². The fourth-order valence-corrected chi connectivity index (χ4v) is 3.23. The van der Waals surface area contributed by atoms with Crippen molar-refractivity contribution in [1.29, 1.82) is 0 Å². The molecule has 0 amide bonds. The number of sulfonamides is 1. The summed E-state index contributed by atoms with van der Waals surface area (Å²) in [5.74, 6) is 1.15. The highest BCUT2D eigenvalue weighted by Crippen LogP contribution is 2.37. The summed E-state index contributed by atoms with van der Waals surface area (Å²) in [5.41, 5.74) is 7.46. The van der Waals surface area contributed by atoms with Gasteiger partial charge in [0.2, 0.25) is 10.0 Å². The molecule has 1 fully saturated rings. The van der Waals surface area contributed by atoms with E-state index in [0.717, 1.165) is 17.5 Å². The fourth-order valence-electron chi connectivity index (χ4n) is 2.05. The van der Waals surface area contributed by atoms with Gasteiger partial charge in [0.15, 0.2) is 0 Å². The Morgan fingerprint density at radius 3 is 2.61 bits per heavy atom. The van der Waals surface area contributed by atoms with E-state index in [1.165, 1.54) is 0 Å². The summed E-state index contributed by atoms with van der Waals surface area (Å²) in [6, 6.07) is 5.08. The Kier molecular flexibility index (Phi) is 3.75. The van der Waals surface area contributed by atoms with Crippen LogP contribution in [0.1, 0.15) is 24.5 Å². The van der Waals surface area contributed by atoms with Crippen LogP contribution in [0.25, 0.3) is 0 Å². The number of nitrogens with one attached hydrogen (secondary N) is 1. The minimum atomic E-state index is -3.38. The van der Waals surface area contributed by atoms with E-state index in [9.17, 15) is 8.42 Å². The van der Waals surface area contributed by atoms with E-state index < -0.39 is 10.0 Å². The third-order valence-corrected chi connectivity index (χ3v) is 5.08. The molecule has 0 bridgehead atoms. The molecule has 0 spiro atoms. The van der Waals surface area contributed by atoms with Gasteiger partial charge in [0.25, 0.3) is 0 Å². The SMILES string of the molecule is Cc1cc(S(=O)(=O)NCC2CC2C)ccc1CN. The molecule has 0 heterocycles. The lowest BCUT2D eigenvalue weighted by Gasteiger charge is -2.09. The van der Waals surface area contributed by atoms with Crippen molar-refractivity contribution in [3.05, 3.63) is 29.3 Å². The summed E-state index contributed by atoms with van der Waals surface area (Å²) in [5, 5.41) is 0. The Morgan fingerprint density at radius 2 is 2.11 bits per heavy atom. The van der Waals surface area contributed by atoms with Crippen LogP contribution in [0, 0.1) is 18.8 Å². The molecule has 18 heavy (non-hydrogen) atoms. The van der Waals surface area contributed by atoms with E-state index in [2.05, 4.69) is 11.6 Å². The van der Waals surface area contributed by atoms with Gasteiger partial charge in [-0.3, -0.25) is 0 Å². The van der Waals surface area contributed by atoms with E-state index in [-0.39, 0.29) is 0 Å². The van der Waals surface area contributed by atoms with Crippen LogP contribution < -0.4 is 10.5 Å². The molecule has 2 atom stereocenters. The second-order valence-corrected chi connectivity index (χ2v) is 6.88. The van der Waals surface area contributed by atoms with Crippen LogP contribution in [0.5, 0.6) is 0 Å². The van der Waals surface area contributed by atoms with E-state index in [4.69, 9.17) is 5.73 Å². The van der Waals surface area contributed by atoms with Gasteiger partial charge in [-0.25, -0.2) is 13.1 Å². The standard InChI is InChI=1S/C13H20N2O2S/c1-9-5-12(9)8-15-18(16,17)13-4-3-11(7-14)10(2)6-13/h3-4,6,9,12,15H,5,7-8,14H2,1-2H3. The average molecular weight is 268 g/mol. The molecule has 0 saturated heterocycles. The summed E-state index contributed by atoms with van der Waals surface area (Å²) in [6.07, 6.45) is 1.12. The van der Waals surface area contributed by atoms with Crippen molar-refractivity contribution in [2.75, 3.05) is 6.54 Å². The van der Waals surface area contributed by atoms with Gasteiger partial charge >= 0.3 is 0 Å². The zero-order valence-electron chi connectivity index (χ0n) is 10.8. The highest BCUT2D eigenvalue weighted by atomic mass is 32.2. The molecule has 100 valence electrons. The predicted octanol–water partition coefficient (Wildman–Crippen LogP) is 1.39. The number of benzene rings is 1. The maximum absolute atomic E-state index is 12.1. The van der Waals surface area contributed by atoms with Crippen molar-refractivity contribution >= 4 is 10.0 Å². The monoisotopic (exact) mass is 268 g/mol. The number of nitrogens with two attached hydrogens (primary N) is 1. The van der Waals surface area contributed by atoms with Crippen LogP contribution in [-0.4, -0.2) is 15.0 Å². The largest absolute Gasteiger partial charge is 0.326 e. The van der Waals surface area contributed by atoms with E-state index in [1.807, 2.05) is 6.92 Å². The first kappa shape index (κ1) is 13.5. The Morgan fingerprint density at radius 1 is 1.44 bits per heavy atom. The van der Waals surface area contributed by atoms with Crippen molar-refractivity contribution in [2.45, 2.75) is 31.7 Å². The quantitative estimate of drug-likeness (QED) is 0.847. The zero-order valence-corrected chi connectivity index (χ0v) is 11.6. The molecule has 4 nitrogen and oxygen atoms in total. The van der Waals surface area contributed by atoms with Gasteiger partial charge in [-0.15, -0.1) is 0 Å². The van der Waals surface area contributed by atoms with Gasteiger partial charge < -0.3 is 5.73 Å². The molecular weight excluding hydrogens is 248 g/mol. The maximum atomic E-state index is 12.1. The van der Waals surface area contributed by atoms with Crippen molar-refractivity contribution < 1.29 is 8.42 Å². The highest BCUT2D eigenvalue weighted by molar-refractivity contribution is 7.89. The Hall–Kier alpha value is -0.910. The minimum Gasteiger partial charge on any atom is -0.326 e. The summed E-state index contributed by atoms with van der Waals surface area (Å²) in [7, 11) is -3.38. The number of aryl methyl sites for hydroxylation is 1. The van der Waals surface area contributed by atoms with Crippen LogP contribution in [0.4, 0.5) is 0 Å². The van der Waals surface area contributed by atoms with Crippen LogP contribution in [0.2, 0.25) is 0 Å². The Bertz CT molecular complexity index is 540. The summed E-state index contributed by atoms with van der Waals surface area (Å²) < 4.78 is 26.8. The first-order chi connectivity index (χ1) is 8.44. The smallest absolute Gasteiger partial charge is 0.240 e. The second-order valence-electron chi connectivity index (χ2n) is 5.12. The highest BCUT2D eigenvalue weighted by Gasteiger charge is 2.33. The van der Waals surface area contributed by atoms with Gasteiger partial charge in [-0.2, -0.15) is 0 Å². The van der Waals surface area contributed by atoms with Crippen LogP contribution in [0.15, 0.2) is 23.1 Å². The van der Waals surface area contributed by atoms with Gasteiger partial charge in [-0.1, -0.05) is 13.0 Å². The predicted molar refractivity (Wildman–Crippen MR) is 71.5 cm³/mol. The molecule has 1 aromatic carbocycles. The van der Waals surface area contributed by atoms with Crippen molar-refractivity contribution in [2.24, 2.45) is 17.6 Å². The van der Waals surface area contributed by atoms with Crippen LogP contribution >= 0.6 is 0 Å². The van der Waals surface area contributed by atoms with E-state index in [0.29, 0.717) is 29.8 Å². The number of hydrogen-bond donors (Lipinski definition) is 2. The molecular formula is C13H20N2O2S. The molecule has 2 unspecified atom stereocenters. The zero-order chi connectivity index (χ0) is 13.3. The molecule has 1 aromatic rings. The first-order valence-electron chi connectivity index (χ1n) is 6.23. The lowest BCUT2D eigenvalue weighted by atomic mass is 10.1. The fraction of sp³-hybridized carbons (Fsp3) is 0.538. The molecule has 5 heteroatoms. The van der Waals surface area contributed by atoms with Crippen molar-refractivity contribution in [1.82, 2.24) is 4.72 Å². The third kappa shape index (κ3) is 2.91. The van der Waals surface area contributed by atoms with Gasteiger partial charge in [0.1, 0.15) is 0 Å². The average Bonchev–Trinajstić information content (AvgIpc) is 3.03. The summed E-state index contributed by atoms with van der Waals surface area (Å²) in [6.45, 7) is 4.99. The lowest BCUT2D eigenvalue weighted by molar-refractivity contribution is 0.574. The Labute approximate surface area is 109 Å². The van der Waals surface area contributed by atoms with Crippen LogP contribution in [0.3, 0.4) is 0 Å². The molecule has 0 aliphatic heterocycles. The summed E-state index contributed by atoms with van der Waals surface area (Å²) >= 11 is 0. The maximum Gasteiger partial charge on any atom is 0.240 e. The van der Waals surface area contributed by atoms with Gasteiger partial charge in [-0.05, 0) is 48.4 Å². The first-order valence-corrected chi connectivity index (χ1v) is 7.71. The number of rotatable bonds is 5. The van der Waals surface area contributed by atoms with Gasteiger partial charge in [0.05, 0.1) is 4.90 Å². The van der Waals surface area contributed by atoms with Crippen molar-refractivity contribution in [3.63, 3.8) is 0 Å². The summed E-state index contributed by atoms with van der Waals surface area (Å²) in [4.78, 5) is 0.325. The molecule has 1 aliphatic rings. The molecule has 1 aliphatic carbocycles. The molecule has 1 saturated carbocycles. The normalized spacial score (nSPS) is 23.1. The number of hydrogen-bond acceptors (Lipinski definition) is 3. The topological polar surface area (TPSA) is 72.2 Å². The van der Waals surface area contributed by atoms with Gasteiger partial charge in [0, 0.05) is 13.1 Å². The molecule has 2 rings (SSSR count). The molecule has 0 aromatic heterocycles. The third-order valence-electron chi connectivity index (χ3n) is 3.66. The molecule has 0 radical (unpaired) electrons. The van der Waals surface area contributed by atoms with E-state index >= 15 is 0 Å². The minimum absolute atomic E-state index is 0.325. The van der Waals surface area contributed by atoms with Crippen molar-refractivity contribution in [3.8, 4) is 0 Å². The van der Waals surface area contributed by atoms with Crippen LogP contribution in [-0.2, 0) is 16.6 Å².